The number of methoxy groups -OCH3 is 1. The van der Waals surface area contributed by atoms with Crippen molar-refractivity contribution in [2.75, 3.05) is 26.8 Å². The molecule has 0 spiro atoms. The van der Waals surface area contributed by atoms with E-state index in [1.165, 1.54) is 0 Å². The molecule has 21 heavy (non-hydrogen) atoms. The number of hydrogen-bond acceptors (Lipinski definition) is 4. The molecule has 1 fully saturated rings. The largest absolute Gasteiger partial charge is 0.493 e. The Bertz CT molecular complexity index is 528. The molecule has 1 heterocycles. The molecule has 2 N–H and O–H groups in total. The van der Waals surface area contributed by atoms with Crippen molar-refractivity contribution in [1.82, 2.24) is 4.90 Å². The Kier molecular flexibility index (Phi) is 5.22. The lowest BCUT2D eigenvalue weighted by molar-refractivity contribution is -0.132. The van der Waals surface area contributed by atoms with Crippen molar-refractivity contribution in [3.8, 4) is 11.5 Å². The van der Waals surface area contributed by atoms with Crippen molar-refractivity contribution in [3.05, 3.63) is 29.8 Å². The van der Waals surface area contributed by atoms with Gasteiger partial charge in [0.25, 0.3) is 5.91 Å². The van der Waals surface area contributed by atoms with E-state index >= 15 is 0 Å². The monoisotopic (exact) mass is 290 g/mol. The molecular formula is C16H22N2O3. The molecule has 0 bridgehead atoms. The molecule has 5 heteroatoms. The predicted molar refractivity (Wildman–Crippen MR) is 82.4 cm³/mol. The summed E-state index contributed by atoms with van der Waals surface area (Å²) < 4.78 is 10.9. The van der Waals surface area contributed by atoms with E-state index in [0.29, 0.717) is 24.6 Å². The first-order chi connectivity index (χ1) is 10.1. The van der Waals surface area contributed by atoms with Gasteiger partial charge >= 0.3 is 0 Å². The molecule has 0 aliphatic carbocycles. The molecule has 1 aromatic rings. The first kappa shape index (κ1) is 15.4. The number of nitrogens with zero attached hydrogens (tertiary/aromatic N) is 1. The Labute approximate surface area is 125 Å². The minimum atomic E-state index is -0.0393. The fourth-order valence-electron chi connectivity index (χ4n) is 2.34. The number of benzene rings is 1. The lowest BCUT2D eigenvalue weighted by atomic mass is 10.2. The lowest BCUT2D eigenvalue weighted by Gasteiger charge is -2.17. The Hall–Kier alpha value is -2.01. The van der Waals surface area contributed by atoms with Crippen molar-refractivity contribution >= 4 is 12.0 Å². The molecule has 0 saturated carbocycles. The second-order valence-electron chi connectivity index (χ2n) is 5.09. The van der Waals surface area contributed by atoms with Crippen LogP contribution in [0.2, 0.25) is 0 Å². The summed E-state index contributed by atoms with van der Waals surface area (Å²) in [7, 11) is 1.59. The van der Waals surface area contributed by atoms with Crippen molar-refractivity contribution in [2.24, 2.45) is 5.73 Å². The third kappa shape index (κ3) is 3.98. The van der Waals surface area contributed by atoms with Crippen LogP contribution in [0.5, 0.6) is 11.5 Å². The highest BCUT2D eigenvalue weighted by Crippen LogP contribution is 2.28. The first-order valence-electron chi connectivity index (χ1n) is 7.11. The smallest absolute Gasteiger partial charge is 0.260 e. The molecule has 5 nitrogen and oxygen atoms in total. The fourth-order valence-corrected chi connectivity index (χ4v) is 2.34. The number of nitrogens with two attached hydrogens (primary N) is 1. The van der Waals surface area contributed by atoms with Crippen LogP contribution in [0, 0.1) is 0 Å². The maximum atomic E-state index is 12.0. The van der Waals surface area contributed by atoms with Gasteiger partial charge in [-0.15, -0.1) is 0 Å². The van der Waals surface area contributed by atoms with E-state index in [-0.39, 0.29) is 18.6 Å². The molecule has 114 valence electrons. The van der Waals surface area contributed by atoms with Gasteiger partial charge in [-0.1, -0.05) is 18.2 Å². The van der Waals surface area contributed by atoms with Gasteiger partial charge in [0, 0.05) is 19.1 Å². The van der Waals surface area contributed by atoms with Crippen LogP contribution >= 0.6 is 0 Å². The molecular weight excluding hydrogens is 268 g/mol. The van der Waals surface area contributed by atoms with Gasteiger partial charge in [-0.2, -0.15) is 0 Å². The van der Waals surface area contributed by atoms with Crippen LogP contribution in [0.15, 0.2) is 24.3 Å². The maximum Gasteiger partial charge on any atom is 0.260 e. The SMILES string of the molecule is C/C=C/c1ccc(OCC(=O)N2CC[C@H](N)C2)c(OC)c1. The van der Waals surface area contributed by atoms with E-state index in [2.05, 4.69) is 0 Å². The summed E-state index contributed by atoms with van der Waals surface area (Å²) in [5, 5.41) is 0. The number of carbonyl (C=O) groups excluding carboxylic acids is 1. The Morgan fingerprint density at radius 1 is 1.48 bits per heavy atom. The van der Waals surface area contributed by atoms with E-state index < -0.39 is 0 Å². The maximum absolute atomic E-state index is 12.0. The van der Waals surface area contributed by atoms with Crippen LogP contribution in [-0.2, 0) is 4.79 Å². The Balaban J connectivity index is 1.97. The molecule has 1 aliphatic rings. The second-order valence-corrected chi connectivity index (χ2v) is 5.09. The van der Waals surface area contributed by atoms with Gasteiger partial charge in [0.05, 0.1) is 7.11 Å². The van der Waals surface area contributed by atoms with Crippen LogP contribution in [0.25, 0.3) is 6.08 Å². The number of likely N-dealkylation sites (tertiary alicyclic amines) is 1. The van der Waals surface area contributed by atoms with Gasteiger partial charge in [0.1, 0.15) is 0 Å². The zero-order valence-corrected chi connectivity index (χ0v) is 12.5. The molecule has 0 radical (unpaired) electrons. The van der Waals surface area contributed by atoms with Gasteiger partial charge in [-0.05, 0) is 31.0 Å². The topological polar surface area (TPSA) is 64.8 Å². The zero-order chi connectivity index (χ0) is 15.2. The molecule has 0 aromatic heterocycles. The van der Waals surface area contributed by atoms with Crippen LogP contribution in [0.1, 0.15) is 18.9 Å². The van der Waals surface area contributed by atoms with Gasteiger partial charge < -0.3 is 20.1 Å². The number of amides is 1. The van der Waals surface area contributed by atoms with Crippen LogP contribution in [0.3, 0.4) is 0 Å². The summed E-state index contributed by atoms with van der Waals surface area (Å²) in [6.45, 7) is 3.28. The summed E-state index contributed by atoms with van der Waals surface area (Å²) in [5.41, 5.74) is 6.83. The number of ether oxygens (including phenoxy) is 2. The van der Waals surface area contributed by atoms with E-state index in [0.717, 1.165) is 12.0 Å². The Morgan fingerprint density at radius 3 is 2.90 bits per heavy atom. The summed E-state index contributed by atoms with van der Waals surface area (Å²) in [4.78, 5) is 13.8. The third-order valence-corrected chi connectivity index (χ3v) is 3.48. The first-order valence-corrected chi connectivity index (χ1v) is 7.11. The lowest BCUT2D eigenvalue weighted by Crippen LogP contribution is -2.35. The molecule has 1 aliphatic heterocycles. The fraction of sp³-hybridized carbons (Fsp3) is 0.438. The van der Waals surface area contributed by atoms with Gasteiger partial charge in [-0.3, -0.25) is 4.79 Å². The number of carbonyl (C=O) groups is 1. The predicted octanol–water partition coefficient (Wildman–Crippen LogP) is 1.67. The Morgan fingerprint density at radius 2 is 2.29 bits per heavy atom. The number of hydrogen-bond donors (Lipinski definition) is 1. The average Bonchev–Trinajstić information content (AvgIpc) is 2.92. The molecule has 0 unspecified atom stereocenters. The number of rotatable bonds is 5. The molecule has 1 aromatic carbocycles. The van der Waals surface area contributed by atoms with Crippen LogP contribution in [0.4, 0.5) is 0 Å². The summed E-state index contributed by atoms with van der Waals surface area (Å²) in [6, 6.07) is 5.71. The minimum absolute atomic E-state index is 0.00600. The normalized spacial score (nSPS) is 18.2. The van der Waals surface area contributed by atoms with E-state index in [1.54, 1.807) is 12.0 Å². The quantitative estimate of drug-likeness (QED) is 0.896. The van der Waals surface area contributed by atoms with Gasteiger partial charge in [0.2, 0.25) is 0 Å². The molecule has 1 atom stereocenters. The number of allylic oxidation sites excluding steroid dienone is 1. The zero-order valence-electron chi connectivity index (χ0n) is 12.5. The van der Waals surface area contributed by atoms with Crippen molar-refractivity contribution in [1.29, 1.82) is 0 Å². The summed E-state index contributed by atoms with van der Waals surface area (Å²) in [6.07, 6.45) is 4.78. The van der Waals surface area contributed by atoms with Crippen LogP contribution < -0.4 is 15.2 Å². The van der Waals surface area contributed by atoms with Gasteiger partial charge in [0.15, 0.2) is 18.1 Å². The third-order valence-electron chi connectivity index (χ3n) is 3.48. The van der Waals surface area contributed by atoms with E-state index in [4.69, 9.17) is 15.2 Å². The highest BCUT2D eigenvalue weighted by molar-refractivity contribution is 5.78. The summed E-state index contributed by atoms with van der Waals surface area (Å²) in [5.74, 6) is 1.15. The molecule has 1 saturated heterocycles. The standard InChI is InChI=1S/C16H22N2O3/c1-3-4-12-5-6-14(15(9-12)20-2)21-11-16(19)18-8-7-13(17)10-18/h3-6,9,13H,7-8,10-11,17H2,1-2H3/b4-3+/t13-/m0/s1. The second kappa shape index (κ2) is 7.13. The average molecular weight is 290 g/mol. The highest BCUT2D eigenvalue weighted by Gasteiger charge is 2.23. The van der Waals surface area contributed by atoms with E-state index in [1.807, 2.05) is 37.3 Å². The molecule has 2 rings (SSSR count). The summed E-state index contributed by atoms with van der Waals surface area (Å²) >= 11 is 0. The van der Waals surface area contributed by atoms with E-state index in [9.17, 15) is 4.79 Å². The minimum Gasteiger partial charge on any atom is -0.493 e. The van der Waals surface area contributed by atoms with Gasteiger partial charge in [-0.25, -0.2) is 0 Å². The van der Waals surface area contributed by atoms with Crippen LogP contribution in [-0.4, -0.2) is 43.7 Å². The van der Waals surface area contributed by atoms with Crippen molar-refractivity contribution in [2.45, 2.75) is 19.4 Å². The van der Waals surface area contributed by atoms with Crippen molar-refractivity contribution in [3.63, 3.8) is 0 Å². The molecule has 1 amide bonds. The highest BCUT2D eigenvalue weighted by atomic mass is 16.5. The van der Waals surface area contributed by atoms with Crippen molar-refractivity contribution < 1.29 is 14.3 Å².